The van der Waals surface area contributed by atoms with Gasteiger partial charge >= 0.3 is 0 Å². The average molecular weight is 219 g/mol. The average Bonchev–Trinajstić information content (AvgIpc) is 2.78. The number of fused-ring (bicyclic) bond motifs is 5. The van der Waals surface area contributed by atoms with Gasteiger partial charge in [0.25, 0.3) is 0 Å². The minimum atomic E-state index is 1.02. The summed E-state index contributed by atoms with van der Waals surface area (Å²) in [6.45, 7) is 0. The lowest BCUT2D eigenvalue weighted by Crippen LogP contribution is -1.74. The number of hydrogen-bond acceptors (Lipinski definition) is 2. The molecular weight excluding hydrogens is 210 g/mol. The first-order valence-corrected chi connectivity index (χ1v) is 5.57. The van der Waals surface area contributed by atoms with E-state index in [1.807, 2.05) is 24.3 Å². The van der Waals surface area contributed by atoms with Crippen molar-refractivity contribution in [2.45, 2.75) is 0 Å². The smallest absolute Gasteiger partial charge is 0.100 e. The highest BCUT2D eigenvalue weighted by Gasteiger charge is 2.08. The monoisotopic (exact) mass is 219 g/mol. The van der Waals surface area contributed by atoms with Crippen LogP contribution in [0.1, 0.15) is 0 Å². The minimum absolute atomic E-state index is 1.02. The Morgan fingerprint density at radius 2 is 1.76 bits per heavy atom. The van der Waals surface area contributed by atoms with Crippen LogP contribution in [0.25, 0.3) is 32.6 Å². The maximum atomic E-state index is 5.25. The van der Waals surface area contributed by atoms with E-state index in [0.717, 1.165) is 21.8 Å². The fourth-order valence-corrected chi connectivity index (χ4v) is 2.37. The van der Waals surface area contributed by atoms with Crippen LogP contribution in [0, 0.1) is 0 Å². The van der Waals surface area contributed by atoms with E-state index in [1.165, 1.54) is 10.8 Å². The summed E-state index contributed by atoms with van der Waals surface area (Å²) in [7, 11) is 0. The van der Waals surface area contributed by atoms with Crippen LogP contribution < -0.4 is 0 Å². The Hall–Kier alpha value is -2.35. The van der Waals surface area contributed by atoms with Crippen LogP contribution >= 0.6 is 0 Å². The number of para-hydroxylation sites is 1. The van der Waals surface area contributed by atoms with E-state index in [9.17, 15) is 0 Å². The molecule has 2 aromatic heterocycles. The van der Waals surface area contributed by atoms with Gasteiger partial charge in [-0.2, -0.15) is 0 Å². The van der Waals surface area contributed by atoms with E-state index in [-0.39, 0.29) is 0 Å². The topological polar surface area (TPSA) is 26.0 Å². The van der Waals surface area contributed by atoms with Crippen LogP contribution in [0.2, 0.25) is 0 Å². The third-order valence-corrected chi connectivity index (χ3v) is 3.19. The summed E-state index contributed by atoms with van der Waals surface area (Å²) in [4.78, 5) is 4.68. The predicted molar refractivity (Wildman–Crippen MR) is 69.0 cm³/mol. The Bertz CT molecular complexity index is 845. The molecule has 4 rings (SSSR count). The van der Waals surface area contributed by atoms with E-state index in [0.29, 0.717) is 0 Å². The minimum Gasteiger partial charge on any atom is -0.472 e. The molecule has 0 fully saturated rings. The quantitative estimate of drug-likeness (QED) is 0.444. The van der Waals surface area contributed by atoms with Gasteiger partial charge in [-0.1, -0.05) is 30.3 Å². The normalized spacial score (nSPS) is 11.5. The third kappa shape index (κ3) is 1.12. The van der Waals surface area contributed by atoms with Crippen molar-refractivity contribution in [3.63, 3.8) is 0 Å². The number of benzene rings is 2. The fourth-order valence-electron chi connectivity index (χ4n) is 2.37. The predicted octanol–water partition coefficient (Wildman–Crippen LogP) is 4.13. The molecule has 0 N–H and O–H groups in total. The van der Waals surface area contributed by atoms with Crippen molar-refractivity contribution in [1.82, 2.24) is 4.98 Å². The van der Waals surface area contributed by atoms with Crippen molar-refractivity contribution in [3.05, 3.63) is 55.0 Å². The molecule has 0 saturated heterocycles. The fraction of sp³-hybridized carbons (Fsp3) is 0. The first-order valence-electron chi connectivity index (χ1n) is 5.57. The standard InChI is InChI=1S/C15H9NO/c1-2-4-14-11(3-1)12-6-5-10-7-8-17-9-13(10)15(12)16-14/h1-9H. The zero-order chi connectivity index (χ0) is 11.2. The zero-order valence-corrected chi connectivity index (χ0v) is 9.05. The first-order chi connectivity index (χ1) is 8.43. The van der Waals surface area contributed by atoms with Crippen molar-refractivity contribution in [2.75, 3.05) is 0 Å². The van der Waals surface area contributed by atoms with E-state index in [2.05, 4.69) is 23.2 Å². The molecule has 2 nitrogen and oxygen atoms in total. The van der Waals surface area contributed by atoms with Gasteiger partial charge in [-0.3, -0.25) is 0 Å². The second-order valence-corrected chi connectivity index (χ2v) is 4.15. The van der Waals surface area contributed by atoms with Gasteiger partial charge in [0.1, 0.15) is 6.26 Å². The summed E-state index contributed by atoms with van der Waals surface area (Å²) >= 11 is 0. The molecule has 0 atom stereocenters. The summed E-state index contributed by atoms with van der Waals surface area (Å²) in [5, 5.41) is 4.62. The molecule has 80 valence electrons. The van der Waals surface area contributed by atoms with Crippen molar-refractivity contribution in [1.29, 1.82) is 0 Å². The summed E-state index contributed by atoms with van der Waals surface area (Å²) in [6.07, 6.45) is 3.46. The molecular formula is C15H9NO. The molecule has 0 aliphatic carbocycles. The molecule has 17 heavy (non-hydrogen) atoms. The molecule has 0 amide bonds. The van der Waals surface area contributed by atoms with E-state index in [4.69, 9.17) is 4.42 Å². The SMILES string of the molecule is c1ccc2c(c1)nc1c3coccc3ccc21. The summed E-state index contributed by atoms with van der Waals surface area (Å²) in [5.41, 5.74) is 2.06. The molecule has 0 aliphatic heterocycles. The Morgan fingerprint density at radius 3 is 2.76 bits per heavy atom. The van der Waals surface area contributed by atoms with Gasteiger partial charge in [0.05, 0.1) is 17.3 Å². The highest BCUT2D eigenvalue weighted by molar-refractivity contribution is 6.16. The molecule has 0 radical (unpaired) electrons. The Labute approximate surface area is 97.5 Å². The molecule has 0 spiro atoms. The van der Waals surface area contributed by atoms with Crippen LogP contribution in [0.15, 0.2) is 59.4 Å². The molecule has 4 aromatic rings. The van der Waals surface area contributed by atoms with Gasteiger partial charge in [-0.05, 0) is 17.5 Å². The highest BCUT2D eigenvalue weighted by Crippen LogP contribution is 2.30. The molecule has 2 heteroatoms. The molecule has 0 bridgehead atoms. The summed E-state index contributed by atoms with van der Waals surface area (Å²) in [6, 6.07) is 14.4. The van der Waals surface area contributed by atoms with E-state index in [1.54, 1.807) is 12.5 Å². The van der Waals surface area contributed by atoms with Gasteiger partial charge in [-0.15, -0.1) is 0 Å². The van der Waals surface area contributed by atoms with Gasteiger partial charge in [0.15, 0.2) is 0 Å². The largest absolute Gasteiger partial charge is 0.472 e. The number of hydrogen-bond donors (Lipinski definition) is 0. The molecule has 0 unspecified atom stereocenters. The molecule has 2 heterocycles. The summed E-state index contributed by atoms with van der Waals surface area (Å²) < 4.78 is 5.25. The van der Waals surface area contributed by atoms with Gasteiger partial charge < -0.3 is 4.42 Å². The Morgan fingerprint density at radius 1 is 0.824 bits per heavy atom. The molecule has 0 aliphatic rings. The Kier molecular flexibility index (Phi) is 1.59. The zero-order valence-electron chi connectivity index (χ0n) is 9.05. The maximum Gasteiger partial charge on any atom is 0.100 e. The highest BCUT2D eigenvalue weighted by atomic mass is 16.3. The lowest BCUT2D eigenvalue weighted by atomic mass is 10.1. The van der Waals surface area contributed by atoms with Crippen LogP contribution in [0.4, 0.5) is 0 Å². The van der Waals surface area contributed by atoms with Crippen molar-refractivity contribution >= 4 is 32.6 Å². The summed E-state index contributed by atoms with van der Waals surface area (Å²) in [5.74, 6) is 0. The maximum absolute atomic E-state index is 5.25. The van der Waals surface area contributed by atoms with E-state index < -0.39 is 0 Å². The second kappa shape index (κ2) is 3.08. The van der Waals surface area contributed by atoms with Gasteiger partial charge in [-0.25, -0.2) is 4.98 Å². The lowest BCUT2D eigenvalue weighted by Gasteiger charge is -1.97. The number of nitrogens with zero attached hydrogens (tertiary/aromatic N) is 1. The molecule has 0 saturated carbocycles. The van der Waals surface area contributed by atoms with Crippen molar-refractivity contribution in [2.24, 2.45) is 0 Å². The van der Waals surface area contributed by atoms with Crippen LogP contribution in [-0.2, 0) is 0 Å². The van der Waals surface area contributed by atoms with Crippen LogP contribution in [0.3, 0.4) is 0 Å². The van der Waals surface area contributed by atoms with Crippen molar-refractivity contribution < 1.29 is 4.42 Å². The van der Waals surface area contributed by atoms with Crippen LogP contribution in [-0.4, -0.2) is 4.98 Å². The molecule has 2 aromatic carbocycles. The third-order valence-electron chi connectivity index (χ3n) is 3.19. The van der Waals surface area contributed by atoms with E-state index >= 15 is 0 Å². The first kappa shape index (κ1) is 8.76. The van der Waals surface area contributed by atoms with Crippen molar-refractivity contribution in [3.8, 4) is 0 Å². The van der Waals surface area contributed by atoms with Gasteiger partial charge in [0.2, 0.25) is 0 Å². The lowest BCUT2D eigenvalue weighted by molar-refractivity contribution is 0.558. The number of rotatable bonds is 0. The van der Waals surface area contributed by atoms with Crippen LogP contribution in [0.5, 0.6) is 0 Å². The van der Waals surface area contributed by atoms with Gasteiger partial charge in [0, 0.05) is 16.2 Å². The Balaban J connectivity index is 2.34. The number of aromatic nitrogens is 1. The second-order valence-electron chi connectivity index (χ2n) is 4.15.